The number of nitrogens with one attached hydrogen (secondary N) is 3. The van der Waals surface area contributed by atoms with Gasteiger partial charge in [0.15, 0.2) is 5.96 Å². The molecule has 7 nitrogen and oxygen atoms in total. The van der Waals surface area contributed by atoms with Crippen LogP contribution in [0.25, 0.3) is 0 Å². The Morgan fingerprint density at radius 2 is 1.81 bits per heavy atom. The number of benzene rings is 2. The number of halogens is 1. The Labute approximate surface area is 200 Å². The first-order valence-corrected chi connectivity index (χ1v) is 10.3. The maximum Gasteiger partial charge on any atom is 0.251 e. The van der Waals surface area contributed by atoms with Gasteiger partial charge in [0, 0.05) is 50.9 Å². The molecule has 0 unspecified atom stereocenters. The van der Waals surface area contributed by atoms with E-state index in [9.17, 15) is 9.59 Å². The van der Waals surface area contributed by atoms with Crippen LogP contribution < -0.4 is 20.9 Å². The predicted octanol–water partition coefficient (Wildman–Crippen LogP) is 2.83. The molecular weight excluding hydrogens is 505 g/mol. The largest absolute Gasteiger partial charge is 0.355 e. The number of carbonyl (C=O) groups is 2. The molecule has 0 aromatic heterocycles. The SMILES string of the molecule is CN=C(NCCNC(=O)c1cccc(C)c1)NCc1ccc(N2CCCC2=O)cc1.I. The molecule has 166 valence electrons. The van der Waals surface area contributed by atoms with Crippen molar-refractivity contribution in [3.8, 4) is 0 Å². The molecule has 1 heterocycles. The lowest BCUT2D eigenvalue weighted by molar-refractivity contribution is -0.117. The molecule has 0 atom stereocenters. The zero-order valence-corrected chi connectivity index (χ0v) is 20.3. The number of amides is 2. The Balaban J connectivity index is 0.00000341. The second-order valence-electron chi connectivity index (χ2n) is 7.29. The summed E-state index contributed by atoms with van der Waals surface area (Å²) >= 11 is 0. The highest BCUT2D eigenvalue weighted by Gasteiger charge is 2.21. The highest BCUT2D eigenvalue weighted by atomic mass is 127. The van der Waals surface area contributed by atoms with Crippen molar-refractivity contribution in [2.75, 3.05) is 31.6 Å². The van der Waals surface area contributed by atoms with Gasteiger partial charge in [-0.2, -0.15) is 0 Å². The Kier molecular flexibility index (Phi) is 9.77. The minimum absolute atomic E-state index is 0. The van der Waals surface area contributed by atoms with Gasteiger partial charge in [-0.25, -0.2) is 0 Å². The minimum Gasteiger partial charge on any atom is -0.355 e. The highest BCUT2D eigenvalue weighted by molar-refractivity contribution is 14.0. The van der Waals surface area contributed by atoms with Gasteiger partial charge in [0.05, 0.1) is 0 Å². The molecule has 3 N–H and O–H groups in total. The number of aliphatic imine (C=N–C) groups is 1. The van der Waals surface area contributed by atoms with Gasteiger partial charge in [-0.3, -0.25) is 14.6 Å². The number of carbonyl (C=O) groups excluding carboxylic acids is 2. The van der Waals surface area contributed by atoms with Gasteiger partial charge < -0.3 is 20.9 Å². The molecule has 1 saturated heterocycles. The van der Waals surface area contributed by atoms with Crippen molar-refractivity contribution in [2.45, 2.75) is 26.3 Å². The zero-order valence-electron chi connectivity index (χ0n) is 18.0. The first-order valence-electron chi connectivity index (χ1n) is 10.3. The van der Waals surface area contributed by atoms with E-state index in [1.54, 1.807) is 13.1 Å². The van der Waals surface area contributed by atoms with E-state index < -0.39 is 0 Å². The fourth-order valence-corrected chi connectivity index (χ4v) is 3.37. The molecular formula is C23H30IN5O2. The van der Waals surface area contributed by atoms with E-state index in [2.05, 4.69) is 20.9 Å². The Bertz CT molecular complexity index is 914. The van der Waals surface area contributed by atoms with Gasteiger partial charge in [-0.15, -0.1) is 24.0 Å². The fourth-order valence-electron chi connectivity index (χ4n) is 3.37. The number of rotatable bonds is 7. The van der Waals surface area contributed by atoms with E-state index in [4.69, 9.17) is 0 Å². The molecule has 1 aliphatic rings. The molecule has 2 amide bonds. The molecule has 3 rings (SSSR count). The molecule has 0 bridgehead atoms. The average Bonchev–Trinajstić information content (AvgIpc) is 3.19. The third-order valence-electron chi connectivity index (χ3n) is 4.99. The van der Waals surface area contributed by atoms with E-state index >= 15 is 0 Å². The summed E-state index contributed by atoms with van der Waals surface area (Å²) in [5.74, 6) is 0.776. The highest BCUT2D eigenvalue weighted by Crippen LogP contribution is 2.21. The molecule has 2 aromatic carbocycles. The molecule has 0 spiro atoms. The van der Waals surface area contributed by atoms with Crippen LogP contribution in [0, 0.1) is 6.92 Å². The fraction of sp³-hybridized carbons (Fsp3) is 0.348. The minimum atomic E-state index is -0.0833. The van der Waals surface area contributed by atoms with Gasteiger partial charge in [0.1, 0.15) is 0 Å². The standard InChI is InChI=1S/C23H29N5O2.HI/c1-17-5-3-6-19(15-17)22(30)25-12-13-26-23(24-2)27-16-18-8-10-20(11-9-18)28-14-4-7-21(28)29;/h3,5-6,8-11,15H,4,7,12-14,16H2,1-2H3,(H,25,30)(H2,24,26,27);1H. The van der Waals surface area contributed by atoms with Crippen molar-refractivity contribution in [1.82, 2.24) is 16.0 Å². The van der Waals surface area contributed by atoms with Crippen LogP contribution in [-0.2, 0) is 11.3 Å². The van der Waals surface area contributed by atoms with Crippen molar-refractivity contribution in [3.63, 3.8) is 0 Å². The van der Waals surface area contributed by atoms with E-state index in [1.807, 2.05) is 54.3 Å². The normalized spacial score (nSPS) is 13.5. The molecule has 1 fully saturated rings. The van der Waals surface area contributed by atoms with Crippen LogP contribution in [0.2, 0.25) is 0 Å². The number of guanidine groups is 1. The molecule has 0 saturated carbocycles. The van der Waals surface area contributed by atoms with E-state index in [-0.39, 0.29) is 35.8 Å². The van der Waals surface area contributed by atoms with Crippen LogP contribution in [0.4, 0.5) is 5.69 Å². The summed E-state index contributed by atoms with van der Waals surface area (Å²) in [6.07, 6.45) is 1.56. The molecule has 2 aromatic rings. The first kappa shape index (κ1) is 24.6. The Morgan fingerprint density at radius 3 is 2.45 bits per heavy atom. The lowest BCUT2D eigenvalue weighted by Crippen LogP contribution is -2.41. The van der Waals surface area contributed by atoms with Crippen LogP contribution in [0.3, 0.4) is 0 Å². The number of hydrogen-bond donors (Lipinski definition) is 3. The molecule has 8 heteroatoms. The van der Waals surface area contributed by atoms with Crippen LogP contribution in [-0.4, -0.2) is 44.5 Å². The maximum atomic E-state index is 12.2. The van der Waals surface area contributed by atoms with Crippen LogP contribution in [0.5, 0.6) is 0 Å². The van der Waals surface area contributed by atoms with Gasteiger partial charge in [-0.05, 0) is 43.2 Å². The summed E-state index contributed by atoms with van der Waals surface area (Å²) in [6.45, 7) is 4.43. The average molecular weight is 535 g/mol. The second-order valence-corrected chi connectivity index (χ2v) is 7.29. The quantitative estimate of drug-likeness (QED) is 0.220. The zero-order chi connectivity index (χ0) is 21.3. The summed E-state index contributed by atoms with van der Waals surface area (Å²) < 4.78 is 0. The third kappa shape index (κ3) is 7.23. The van der Waals surface area contributed by atoms with E-state index in [0.717, 1.165) is 29.8 Å². The van der Waals surface area contributed by atoms with Crippen LogP contribution in [0.15, 0.2) is 53.5 Å². The van der Waals surface area contributed by atoms with Crippen molar-refractivity contribution >= 4 is 47.4 Å². The summed E-state index contributed by atoms with van der Waals surface area (Å²) in [7, 11) is 1.71. The monoisotopic (exact) mass is 535 g/mol. The molecule has 0 aliphatic carbocycles. The topological polar surface area (TPSA) is 85.8 Å². The Hall–Kier alpha value is -2.62. The number of anilines is 1. The second kappa shape index (κ2) is 12.3. The molecule has 31 heavy (non-hydrogen) atoms. The lowest BCUT2D eigenvalue weighted by Gasteiger charge is -2.16. The maximum absolute atomic E-state index is 12.2. The summed E-state index contributed by atoms with van der Waals surface area (Å²) in [5.41, 5.74) is 3.77. The van der Waals surface area contributed by atoms with Crippen molar-refractivity contribution < 1.29 is 9.59 Å². The van der Waals surface area contributed by atoms with Crippen LogP contribution in [0.1, 0.15) is 34.3 Å². The summed E-state index contributed by atoms with van der Waals surface area (Å²) in [6, 6.07) is 15.5. The first-order chi connectivity index (χ1) is 14.6. The van der Waals surface area contributed by atoms with Crippen molar-refractivity contribution in [2.24, 2.45) is 4.99 Å². The van der Waals surface area contributed by atoms with Crippen molar-refractivity contribution in [3.05, 3.63) is 65.2 Å². The lowest BCUT2D eigenvalue weighted by atomic mass is 10.1. The van der Waals surface area contributed by atoms with Gasteiger partial charge in [-0.1, -0.05) is 29.8 Å². The molecule has 1 aliphatic heterocycles. The number of nitrogens with zero attached hydrogens (tertiary/aromatic N) is 2. The molecule has 0 radical (unpaired) electrons. The van der Waals surface area contributed by atoms with Gasteiger partial charge in [0.2, 0.25) is 5.91 Å². The Morgan fingerprint density at radius 1 is 1.06 bits per heavy atom. The summed E-state index contributed by atoms with van der Waals surface area (Å²) in [5, 5.41) is 9.35. The van der Waals surface area contributed by atoms with Crippen molar-refractivity contribution in [1.29, 1.82) is 0 Å². The number of aryl methyl sites for hydroxylation is 1. The smallest absolute Gasteiger partial charge is 0.251 e. The van der Waals surface area contributed by atoms with E-state index in [1.165, 1.54) is 0 Å². The van der Waals surface area contributed by atoms with Crippen LogP contribution >= 0.6 is 24.0 Å². The predicted molar refractivity (Wildman–Crippen MR) is 135 cm³/mol. The number of hydrogen-bond acceptors (Lipinski definition) is 3. The summed E-state index contributed by atoms with van der Waals surface area (Å²) in [4.78, 5) is 30.0. The van der Waals surface area contributed by atoms with E-state index in [0.29, 0.717) is 37.6 Å². The van der Waals surface area contributed by atoms with Gasteiger partial charge in [0.25, 0.3) is 5.91 Å². The third-order valence-corrected chi connectivity index (χ3v) is 4.99. The van der Waals surface area contributed by atoms with Gasteiger partial charge >= 0.3 is 0 Å².